The zero-order valence-electron chi connectivity index (χ0n) is 20.3. The van der Waals surface area contributed by atoms with Crippen molar-refractivity contribution in [2.75, 3.05) is 30.3 Å². The van der Waals surface area contributed by atoms with E-state index >= 15 is 0 Å². The number of nitrogens with one attached hydrogen (secondary N) is 3. The number of piperidine rings is 1. The highest BCUT2D eigenvalue weighted by Crippen LogP contribution is 2.19. The molecule has 0 bridgehead atoms. The first-order valence-corrected chi connectivity index (χ1v) is 11.6. The van der Waals surface area contributed by atoms with Crippen LogP contribution in [0.25, 0.3) is 0 Å². The van der Waals surface area contributed by atoms with E-state index in [4.69, 9.17) is 4.74 Å². The molecule has 0 saturated carbocycles. The number of para-hydroxylation sites is 1. The fraction of sp³-hybridized carbons (Fsp3) is 0.423. The smallest absolute Gasteiger partial charge is 0.407 e. The average molecular weight is 467 g/mol. The minimum Gasteiger partial charge on any atom is -0.444 e. The maximum Gasteiger partial charge on any atom is 0.407 e. The average Bonchev–Trinajstić information content (AvgIpc) is 2.74. The largest absolute Gasteiger partial charge is 0.444 e. The van der Waals surface area contributed by atoms with Crippen LogP contribution < -0.4 is 16.0 Å². The van der Waals surface area contributed by atoms with Crippen molar-refractivity contribution in [2.24, 2.45) is 0 Å². The monoisotopic (exact) mass is 466 g/mol. The SMILES string of the molecule is Cc1cccc(NC(=O)c2ccccc2NC(=O)CN2CCC(NC(=O)OC(C)(C)C)CC2)c1. The van der Waals surface area contributed by atoms with Crippen LogP contribution in [0.5, 0.6) is 0 Å². The third-order valence-electron chi connectivity index (χ3n) is 5.40. The number of hydrogen-bond acceptors (Lipinski definition) is 5. The molecule has 3 N–H and O–H groups in total. The molecule has 0 aliphatic carbocycles. The molecule has 0 atom stereocenters. The zero-order chi connectivity index (χ0) is 24.7. The van der Waals surface area contributed by atoms with Gasteiger partial charge in [0.05, 0.1) is 17.8 Å². The van der Waals surface area contributed by atoms with Crippen molar-refractivity contribution < 1.29 is 19.1 Å². The number of anilines is 2. The van der Waals surface area contributed by atoms with Crippen LogP contribution in [0.1, 0.15) is 49.5 Å². The van der Waals surface area contributed by atoms with Crippen molar-refractivity contribution in [3.05, 3.63) is 59.7 Å². The standard InChI is InChI=1S/C26H34N4O4/c1-18-8-7-9-20(16-18)27-24(32)21-10-5-6-11-22(21)29-23(31)17-30-14-12-19(13-15-30)28-25(33)34-26(2,3)4/h5-11,16,19H,12-15,17H2,1-4H3,(H,27,32)(H,28,33)(H,29,31). The maximum absolute atomic E-state index is 12.8. The lowest BCUT2D eigenvalue weighted by Crippen LogP contribution is -2.47. The van der Waals surface area contributed by atoms with Gasteiger partial charge in [0, 0.05) is 24.8 Å². The highest BCUT2D eigenvalue weighted by Gasteiger charge is 2.25. The van der Waals surface area contributed by atoms with E-state index in [0.29, 0.717) is 30.0 Å². The Hall–Kier alpha value is -3.39. The fourth-order valence-corrected chi connectivity index (χ4v) is 3.81. The van der Waals surface area contributed by atoms with Crippen LogP contribution in [0.2, 0.25) is 0 Å². The number of benzene rings is 2. The Kier molecular flexibility index (Phi) is 8.28. The summed E-state index contributed by atoms with van der Waals surface area (Å²) in [7, 11) is 0. The summed E-state index contributed by atoms with van der Waals surface area (Å²) < 4.78 is 5.31. The van der Waals surface area contributed by atoms with Gasteiger partial charge in [-0.2, -0.15) is 0 Å². The van der Waals surface area contributed by atoms with Crippen LogP contribution in [0.15, 0.2) is 48.5 Å². The highest BCUT2D eigenvalue weighted by atomic mass is 16.6. The molecule has 2 aromatic rings. The molecule has 3 amide bonds. The fourth-order valence-electron chi connectivity index (χ4n) is 3.81. The van der Waals surface area contributed by atoms with Gasteiger partial charge in [0.2, 0.25) is 5.91 Å². The number of nitrogens with zero attached hydrogens (tertiary/aromatic N) is 1. The number of likely N-dealkylation sites (tertiary alicyclic amines) is 1. The number of amides is 3. The van der Waals surface area contributed by atoms with Gasteiger partial charge in [0.15, 0.2) is 0 Å². The van der Waals surface area contributed by atoms with Crippen LogP contribution in [0.3, 0.4) is 0 Å². The number of carbonyl (C=O) groups is 3. The molecule has 8 nitrogen and oxygen atoms in total. The molecule has 0 unspecified atom stereocenters. The van der Waals surface area contributed by atoms with Gasteiger partial charge in [-0.25, -0.2) is 4.79 Å². The number of carbonyl (C=O) groups excluding carboxylic acids is 3. The van der Waals surface area contributed by atoms with E-state index in [1.165, 1.54) is 0 Å². The van der Waals surface area contributed by atoms with Gasteiger partial charge in [-0.15, -0.1) is 0 Å². The number of hydrogen-bond donors (Lipinski definition) is 3. The molecule has 8 heteroatoms. The van der Waals surface area contributed by atoms with Gasteiger partial charge in [0.1, 0.15) is 5.60 Å². The summed E-state index contributed by atoms with van der Waals surface area (Å²) in [5, 5.41) is 8.66. The second-order valence-corrected chi connectivity index (χ2v) is 9.61. The molecule has 0 radical (unpaired) electrons. The summed E-state index contributed by atoms with van der Waals surface area (Å²) in [6.07, 6.45) is 1.06. The number of ether oxygens (including phenoxy) is 1. The lowest BCUT2D eigenvalue weighted by Gasteiger charge is -2.32. The van der Waals surface area contributed by atoms with Crippen LogP contribution in [0, 0.1) is 6.92 Å². The molecule has 1 aliphatic rings. The Morgan fingerprint density at radius 3 is 2.38 bits per heavy atom. The van der Waals surface area contributed by atoms with Crippen LogP contribution in [-0.2, 0) is 9.53 Å². The summed E-state index contributed by atoms with van der Waals surface area (Å²) in [5.41, 5.74) is 2.09. The highest BCUT2D eigenvalue weighted by molar-refractivity contribution is 6.10. The normalized spacial score (nSPS) is 14.8. The van der Waals surface area contributed by atoms with E-state index in [0.717, 1.165) is 18.4 Å². The number of alkyl carbamates (subject to hydrolysis) is 1. The molecule has 1 heterocycles. The van der Waals surface area contributed by atoms with E-state index in [-0.39, 0.29) is 24.4 Å². The van der Waals surface area contributed by atoms with Crippen molar-refractivity contribution in [1.82, 2.24) is 10.2 Å². The van der Waals surface area contributed by atoms with Crippen molar-refractivity contribution >= 4 is 29.3 Å². The minimum atomic E-state index is -0.532. The quantitative estimate of drug-likeness (QED) is 0.593. The molecule has 0 aromatic heterocycles. The van der Waals surface area contributed by atoms with E-state index in [2.05, 4.69) is 16.0 Å². The second-order valence-electron chi connectivity index (χ2n) is 9.61. The summed E-state index contributed by atoms with van der Waals surface area (Å²) in [6, 6.07) is 14.5. The first kappa shape index (κ1) is 25.2. The summed E-state index contributed by atoms with van der Waals surface area (Å²) in [6.45, 7) is 9.04. The van der Waals surface area contributed by atoms with Gasteiger partial charge in [0.25, 0.3) is 5.91 Å². The molecule has 34 heavy (non-hydrogen) atoms. The van der Waals surface area contributed by atoms with Crippen molar-refractivity contribution in [2.45, 2.75) is 52.2 Å². The Morgan fingerprint density at radius 2 is 1.71 bits per heavy atom. The predicted octanol–water partition coefficient (Wildman–Crippen LogP) is 4.17. The van der Waals surface area contributed by atoms with E-state index in [9.17, 15) is 14.4 Å². The third-order valence-corrected chi connectivity index (χ3v) is 5.40. The molecule has 1 aliphatic heterocycles. The zero-order valence-corrected chi connectivity index (χ0v) is 20.3. The molecule has 1 saturated heterocycles. The molecule has 182 valence electrons. The van der Waals surface area contributed by atoms with Gasteiger partial charge >= 0.3 is 6.09 Å². The topological polar surface area (TPSA) is 99.8 Å². The second kappa shape index (κ2) is 11.2. The predicted molar refractivity (Wildman–Crippen MR) is 133 cm³/mol. The van der Waals surface area contributed by atoms with Gasteiger partial charge in [-0.1, -0.05) is 24.3 Å². The number of aryl methyl sites for hydroxylation is 1. The lowest BCUT2D eigenvalue weighted by atomic mass is 10.1. The Balaban J connectivity index is 1.50. The first-order chi connectivity index (χ1) is 16.1. The molecular weight excluding hydrogens is 432 g/mol. The summed E-state index contributed by atoms with van der Waals surface area (Å²) >= 11 is 0. The van der Waals surface area contributed by atoms with Gasteiger partial charge < -0.3 is 20.7 Å². The summed E-state index contributed by atoms with van der Waals surface area (Å²) in [4.78, 5) is 39.5. The minimum absolute atomic E-state index is 0.0280. The Bertz CT molecular complexity index is 1020. The molecular formula is C26H34N4O4. The first-order valence-electron chi connectivity index (χ1n) is 11.6. The number of rotatable bonds is 6. The Labute approximate surface area is 201 Å². The van der Waals surface area contributed by atoms with Crippen molar-refractivity contribution in [1.29, 1.82) is 0 Å². The van der Waals surface area contributed by atoms with E-state index < -0.39 is 11.7 Å². The molecule has 2 aromatic carbocycles. The lowest BCUT2D eigenvalue weighted by molar-refractivity contribution is -0.117. The van der Waals surface area contributed by atoms with Crippen LogP contribution >= 0.6 is 0 Å². The van der Waals surface area contributed by atoms with Crippen LogP contribution in [0.4, 0.5) is 16.2 Å². The molecule has 1 fully saturated rings. The third kappa shape index (κ3) is 7.88. The maximum atomic E-state index is 12.8. The molecule has 3 rings (SSSR count). The Morgan fingerprint density at radius 1 is 1.00 bits per heavy atom. The van der Waals surface area contributed by atoms with E-state index in [1.54, 1.807) is 24.3 Å². The van der Waals surface area contributed by atoms with Crippen molar-refractivity contribution in [3.63, 3.8) is 0 Å². The van der Waals surface area contributed by atoms with Gasteiger partial charge in [-0.05, 0) is 70.4 Å². The van der Waals surface area contributed by atoms with Crippen LogP contribution in [-0.4, -0.2) is 54.1 Å². The van der Waals surface area contributed by atoms with E-state index in [1.807, 2.05) is 56.9 Å². The summed E-state index contributed by atoms with van der Waals surface area (Å²) in [5.74, 6) is -0.468. The van der Waals surface area contributed by atoms with Gasteiger partial charge in [-0.3, -0.25) is 14.5 Å². The van der Waals surface area contributed by atoms with Crippen molar-refractivity contribution in [3.8, 4) is 0 Å². The molecule has 0 spiro atoms.